The second-order valence-electron chi connectivity index (χ2n) is 4.91. The van der Waals surface area contributed by atoms with Crippen molar-refractivity contribution in [2.75, 3.05) is 5.32 Å². The highest BCUT2D eigenvalue weighted by Gasteiger charge is 2.24. The Morgan fingerprint density at radius 3 is 2.87 bits per heavy atom. The maximum Gasteiger partial charge on any atom is 0.203 e. The Bertz CT molecular complexity index is 316. The molecule has 15 heavy (non-hydrogen) atoms. The van der Waals surface area contributed by atoms with Gasteiger partial charge in [0, 0.05) is 24.5 Å². The minimum Gasteiger partial charge on any atom is -0.353 e. The Labute approximate surface area is 91.9 Å². The second-order valence-corrected chi connectivity index (χ2v) is 4.91. The Morgan fingerprint density at radius 2 is 2.27 bits per heavy atom. The fourth-order valence-corrected chi connectivity index (χ4v) is 2.37. The first-order valence-electron chi connectivity index (χ1n) is 5.98. The molecule has 1 aromatic rings. The summed E-state index contributed by atoms with van der Waals surface area (Å²) in [5.74, 6) is 1.81. The van der Waals surface area contributed by atoms with Crippen LogP contribution in [0.5, 0.6) is 0 Å². The molecule has 0 bridgehead atoms. The summed E-state index contributed by atoms with van der Waals surface area (Å²) in [6.07, 6.45) is 7.90. The van der Waals surface area contributed by atoms with Crippen molar-refractivity contribution in [1.82, 2.24) is 9.55 Å². The molecule has 2 unspecified atom stereocenters. The first-order valence-corrected chi connectivity index (χ1v) is 5.98. The van der Waals surface area contributed by atoms with Crippen molar-refractivity contribution >= 4 is 5.95 Å². The molecule has 0 spiro atoms. The van der Waals surface area contributed by atoms with Crippen molar-refractivity contribution in [1.29, 1.82) is 0 Å². The summed E-state index contributed by atoms with van der Waals surface area (Å²) in [6.45, 7) is 6.70. The number of anilines is 1. The molecule has 1 aliphatic carbocycles. The molecular formula is C12H21N3. The standard InChI is InChI=1S/C12H21N3/c1-9(2)15-8-7-13-12(15)14-11-6-4-5-10(11)3/h7-11H,4-6H2,1-3H3,(H,13,14). The molecule has 1 aromatic heterocycles. The zero-order chi connectivity index (χ0) is 10.8. The molecule has 1 N–H and O–H groups in total. The van der Waals surface area contributed by atoms with Crippen LogP contribution in [-0.4, -0.2) is 15.6 Å². The van der Waals surface area contributed by atoms with Crippen molar-refractivity contribution < 1.29 is 0 Å². The molecule has 0 radical (unpaired) electrons. The van der Waals surface area contributed by atoms with E-state index in [-0.39, 0.29) is 0 Å². The molecule has 3 heteroatoms. The van der Waals surface area contributed by atoms with Gasteiger partial charge in [0.1, 0.15) is 0 Å². The van der Waals surface area contributed by atoms with Gasteiger partial charge in [-0.25, -0.2) is 4.98 Å². The average Bonchev–Trinajstić information content (AvgIpc) is 2.77. The number of nitrogens with zero attached hydrogens (tertiary/aromatic N) is 2. The van der Waals surface area contributed by atoms with E-state index in [2.05, 4.69) is 35.6 Å². The van der Waals surface area contributed by atoms with Gasteiger partial charge in [-0.3, -0.25) is 0 Å². The van der Waals surface area contributed by atoms with E-state index < -0.39 is 0 Å². The lowest BCUT2D eigenvalue weighted by Crippen LogP contribution is -2.24. The fraction of sp³-hybridized carbons (Fsp3) is 0.750. The summed E-state index contributed by atoms with van der Waals surface area (Å²) in [6, 6.07) is 1.09. The molecule has 1 heterocycles. The molecule has 2 rings (SSSR count). The third-order valence-electron chi connectivity index (χ3n) is 3.40. The van der Waals surface area contributed by atoms with Gasteiger partial charge in [-0.15, -0.1) is 0 Å². The summed E-state index contributed by atoms with van der Waals surface area (Å²) >= 11 is 0. The van der Waals surface area contributed by atoms with Crippen molar-refractivity contribution in [3.8, 4) is 0 Å². The number of hydrogen-bond acceptors (Lipinski definition) is 2. The number of imidazole rings is 1. The smallest absolute Gasteiger partial charge is 0.203 e. The third kappa shape index (κ3) is 2.16. The zero-order valence-corrected chi connectivity index (χ0v) is 9.90. The van der Waals surface area contributed by atoms with E-state index in [1.165, 1.54) is 19.3 Å². The summed E-state index contributed by atoms with van der Waals surface area (Å²) in [5.41, 5.74) is 0. The van der Waals surface area contributed by atoms with Gasteiger partial charge in [-0.05, 0) is 32.6 Å². The highest BCUT2D eigenvalue weighted by molar-refractivity contribution is 5.29. The van der Waals surface area contributed by atoms with E-state index in [0.29, 0.717) is 12.1 Å². The van der Waals surface area contributed by atoms with Crippen LogP contribution < -0.4 is 5.32 Å². The molecule has 0 amide bonds. The highest BCUT2D eigenvalue weighted by atomic mass is 15.2. The first kappa shape index (κ1) is 10.5. The van der Waals surface area contributed by atoms with Crippen LogP contribution in [0.3, 0.4) is 0 Å². The Hall–Kier alpha value is -0.990. The van der Waals surface area contributed by atoms with Crippen LogP contribution in [0.15, 0.2) is 12.4 Å². The topological polar surface area (TPSA) is 29.9 Å². The van der Waals surface area contributed by atoms with Gasteiger partial charge in [0.05, 0.1) is 0 Å². The van der Waals surface area contributed by atoms with Gasteiger partial charge in [-0.2, -0.15) is 0 Å². The second kappa shape index (κ2) is 4.25. The maximum absolute atomic E-state index is 4.39. The molecule has 0 aromatic carbocycles. The quantitative estimate of drug-likeness (QED) is 0.825. The fourth-order valence-electron chi connectivity index (χ4n) is 2.37. The largest absolute Gasteiger partial charge is 0.353 e. The summed E-state index contributed by atoms with van der Waals surface area (Å²) < 4.78 is 2.20. The van der Waals surface area contributed by atoms with E-state index in [0.717, 1.165) is 11.9 Å². The predicted octanol–water partition coefficient (Wildman–Crippen LogP) is 3.06. The molecule has 0 saturated heterocycles. The van der Waals surface area contributed by atoms with Crippen molar-refractivity contribution in [3.05, 3.63) is 12.4 Å². The summed E-state index contributed by atoms with van der Waals surface area (Å²) in [4.78, 5) is 4.39. The molecule has 1 fully saturated rings. The monoisotopic (exact) mass is 207 g/mol. The molecule has 1 saturated carbocycles. The molecule has 0 aliphatic heterocycles. The van der Waals surface area contributed by atoms with Gasteiger partial charge < -0.3 is 9.88 Å². The first-order chi connectivity index (χ1) is 7.18. The number of rotatable bonds is 3. The van der Waals surface area contributed by atoms with Crippen LogP contribution in [0.1, 0.15) is 46.1 Å². The van der Waals surface area contributed by atoms with Crippen LogP contribution >= 0.6 is 0 Å². The summed E-state index contributed by atoms with van der Waals surface area (Å²) in [5, 5.41) is 3.57. The van der Waals surface area contributed by atoms with E-state index >= 15 is 0 Å². The minimum atomic E-state index is 0.478. The molecular weight excluding hydrogens is 186 g/mol. The van der Waals surface area contributed by atoms with Gasteiger partial charge in [-0.1, -0.05) is 13.3 Å². The molecule has 2 atom stereocenters. The van der Waals surface area contributed by atoms with Crippen LogP contribution in [0, 0.1) is 5.92 Å². The normalized spacial score (nSPS) is 26.1. The predicted molar refractivity (Wildman–Crippen MR) is 63.0 cm³/mol. The molecule has 1 aliphatic rings. The van der Waals surface area contributed by atoms with Gasteiger partial charge in [0.15, 0.2) is 0 Å². The molecule has 3 nitrogen and oxygen atoms in total. The summed E-state index contributed by atoms with van der Waals surface area (Å²) in [7, 11) is 0. The molecule has 84 valence electrons. The van der Waals surface area contributed by atoms with Crippen LogP contribution in [0.2, 0.25) is 0 Å². The van der Waals surface area contributed by atoms with E-state index in [4.69, 9.17) is 0 Å². The van der Waals surface area contributed by atoms with Gasteiger partial charge >= 0.3 is 0 Å². The van der Waals surface area contributed by atoms with Crippen LogP contribution in [0.25, 0.3) is 0 Å². The van der Waals surface area contributed by atoms with Crippen molar-refractivity contribution in [3.63, 3.8) is 0 Å². The Morgan fingerprint density at radius 1 is 1.47 bits per heavy atom. The number of aromatic nitrogens is 2. The van der Waals surface area contributed by atoms with Gasteiger partial charge in [0.2, 0.25) is 5.95 Å². The minimum absolute atomic E-state index is 0.478. The van der Waals surface area contributed by atoms with E-state index in [1.54, 1.807) is 0 Å². The van der Waals surface area contributed by atoms with Crippen molar-refractivity contribution in [2.24, 2.45) is 5.92 Å². The van der Waals surface area contributed by atoms with Crippen LogP contribution in [-0.2, 0) is 0 Å². The Kier molecular flexibility index (Phi) is 2.98. The average molecular weight is 207 g/mol. The zero-order valence-electron chi connectivity index (χ0n) is 9.90. The maximum atomic E-state index is 4.39. The van der Waals surface area contributed by atoms with Crippen LogP contribution in [0.4, 0.5) is 5.95 Å². The Balaban J connectivity index is 2.06. The number of hydrogen-bond donors (Lipinski definition) is 1. The highest BCUT2D eigenvalue weighted by Crippen LogP contribution is 2.28. The lowest BCUT2D eigenvalue weighted by Gasteiger charge is -2.20. The van der Waals surface area contributed by atoms with Gasteiger partial charge in [0.25, 0.3) is 0 Å². The van der Waals surface area contributed by atoms with Crippen molar-refractivity contribution in [2.45, 2.75) is 52.1 Å². The third-order valence-corrected chi connectivity index (χ3v) is 3.40. The number of nitrogens with one attached hydrogen (secondary N) is 1. The van der Waals surface area contributed by atoms with E-state index in [1.807, 2.05) is 12.4 Å². The SMILES string of the molecule is CC1CCCC1Nc1nccn1C(C)C. The lowest BCUT2D eigenvalue weighted by molar-refractivity contribution is 0.539. The lowest BCUT2D eigenvalue weighted by atomic mass is 10.1. The van der Waals surface area contributed by atoms with E-state index in [9.17, 15) is 0 Å².